The van der Waals surface area contributed by atoms with E-state index in [4.69, 9.17) is 9.47 Å². The smallest absolute Gasteiger partial charge is 0.316 e. The molecule has 0 fully saturated rings. The SMILES string of the molecule is COC(=O)CSC1=C(C#N)C(c2ccc(OC)c(OC)c2)CC(=O)N1. The average molecular weight is 362 g/mol. The van der Waals surface area contributed by atoms with Crippen LogP contribution in [0.1, 0.15) is 17.9 Å². The van der Waals surface area contributed by atoms with Gasteiger partial charge < -0.3 is 19.5 Å². The predicted molar refractivity (Wildman–Crippen MR) is 92.2 cm³/mol. The van der Waals surface area contributed by atoms with Crippen molar-refractivity contribution < 1.29 is 23.8 Å². The standard InChI is InChI=1S/C17H18N2O5S/c1-22-13-5-4-10(6-14(13)23-2)11-7-15(20)19-17(12(11)8-18)25-9-16(21)24-3/h4-6,11H,7,9H2,1-3H3,(H,19,20). The molecule has 0 saturated carbocycles. The van der Waals surface area contributed by atoms with E-state index in [0.717, 1.165) is 17.3 Å². The van der Waals surface area contributed by atoms with Gasteiger partial charge in [-0.3, -0.25) is 9.59 Å². The van der Waals surface area contributed by atoms with Gasteiger partial charge in [0.25, 0.3) is 0 Å². The lowest BCUT2D eigenvalue weighted by atomic mass is 9.87. The normalized spacial score (nSPS) is 16.7. The van der Waals surface area contributed by atoms with Gasteiger partial charge in [-0.05, 0) is 17.7 Å². The molecular weight excluding hydrogens is 344 g/mol. The van der Waals surface area contributed by atoms with Crippen molar-refractivity contribution in [3.63, 3.8) is 0 Å². The van der Waals surface area contributed by atoms with Crippen LogP contribution < -0.4 is 14.8 Å². The summed E-state index contributed by atoms with van der Waals surface area (Å²) in [5, 5.41) is 12.6. The number of nitriles is 1. The Bertz CT molecular complexity index is 754. The minimum Gasteiger partial charge on any atom is -0.493 e. The zero-order chi connectivity index (χ0) is 18.4. The van der Waals surface area contributed by atoms with Gasteiger partial charge in [0.05, 0.1) is 43.8 Å². The molecule has 1 aromatic rings. The monoisotopic (exact) mass is 362 g/mol. The van der Waals surface area contributed by atoms with Crippen LogP contribution in [0.5, 0.6) is 11.5 Å². The zero-order valence-electron chi connectivity index (χ0n) is 14.1. The maximum absolute atomic E-state index is 12.1. The first-order valence-electron chi connectivity index (χ1n) is 7.39. The van der Waals surface area contributed by atoms with Gasteiger partial charge in [-0.15, -0.1) is 0 Å². The Balaban J connectivity index is 2.39. The van der Waals surface area contributed by atoms with Crippen molar-refractivity contribution in [2.45, 2.75) is 12.3 Å². The number of carbonyl (C=O) groups is 2. The second-order valence-electron chi connectivity index (χ2n) is 5.14. The summed E-state index contributed by atoms with van der Waals surface area (Å²) in [6.45, 7) is 0. The van der Waals surface area contributed by atoms with E-state index in [1.54, 1.807) is 18.2 Å². The number of nitrogens with zero attached hydrogens (tertiary/aromatic N) is 1. The molecule has 0 aliphatic carbocycles. The van der Waals surface area contributed by atoms with Crippen LogP contribution in [0.3, 0.4) is 0 Å². The average Bonchev–Trinajstić information content (AvgIpc) is 2.64. The maximum Gasteiger partial charge on any atom is 0.316 e. The minimum absolute atomic E-state index is 0.00987. The van der Waals surface area contributed by atoms with Gasteiger partial charge in [-0.1, -0.05) is 17.8 Å². The second-order valence-corrected chi connectivity index (χ2v) is 6.12. The molecule has 1 atom stereocenters. The first-order valence-corrected chi connectivity index (χ1v) is 8.38. The summed E-state index contributed by atoms with van der Waals surface area (Å²) in [4.78, 5) is 23.4. The summed E-state index contributed by atoms with van der Waals surface area (Å²) >= 11 is 1.08. The van der Waals surface area contributed by atoms with Gasteiger partial charge in [-0.25, -0.2) is 0 Å². The highest BCUT2D eigenvalue weighted by Crippen LogP contribution is 2.39. The molecule has 1 amide bonds. The Hall–Kier alpha value is -2.66. The number of amides is 1. The van der Waals surface area contributed by atoms with Gasteiger partial charge >= 0.3 is 5.97 Å². The van der Waals surface area contributed by atoms with Crippen LogP contribution in [-0.4, -0.2) is 39.0 Å². The van der Waals surface area contributed by atoms with Gasteiger partial charge in [0.1, 0.15) is 0 Å². The number of esters is 1. The van der Waals surface area contributed by atoms with Crippen molar-refractivity contribution in [1.29, 1.82) is 5.26 Å². The van der Waals surface area contributed by atoms with E-state index in [9.17, 15) is 14.9 Å². The summed E-state index contributed by atoms with van der Waals surface area (Å²) in [5.41, 5.74) is 1.17. The van der Waals surface area contributed by atoms with E-state index in [2.05, 4.69) is 16.1 Å². The fraction of sp³-hybridized carbons (Fsp3) is 0.353. The molecule has 2 rings (SSSR count). The molecule has 1 aliphatic rings. The van der Waals surface area contributed by atoms with Crippen molar-refractivity contribution >= 4 is 23.6 Å². The van der Waals surface area contributed by atoms with Gasteiger partial charge in [0, 0.05) is 12.3 Å². The lowest BCUT2D eigenvalue weighted by Crippen LogP contribution is -2.31. The van der Waals surface area contributed by atoms with Crippen LogP contribution in [0, 0.1) is 11.3 Å². The van der Waals surface area contributed by atoms with Crippen molar-refractivity contribution in [1.82, 2.24) is 5.32 Å². The third-order valence-electron chi connectivity index (χ3n) is 3.73. The lowest BCUT2D eigenvalue weighted by molar-refractivity contribution is -0.137. The number of allylic oxidation sites excluding steroid dienone is 1. The number of hydrogen-bond donors (Lipinski definition) is 1. The first-order chi connectivity index (χ1) is 12.0. The van der Waals surface area contributed by atoms with Crippen LogP contribution in [0.25, 0.3) is 0 Å². The summed E-state index contributed by atoms with van der Waals surface area (Å²) < 4.78 is 15.1. The molecule has 0 saturated heterocycles. The number of rotatable bonds is 6. The van der Waals surface area contributed by atoms with E-state index in [0.29, 0.717) is 22.1 Å². The number of carbonyl (C=O) groups excluding carboxylic acids is 2. The van der Waals surface area contributed by atoms with Gasteiger partial charge in [0.2, 0.25) is 5.91 Å². The van der Waals surface area contributed by atoms with Crippen LogP contribution >= 0.6 is 11.8 Å². The third kappa shape index (κ3) is 4.25. The van der Waals surface area contributed by atoms with E-state index in [-0.39, 0.29) is 18.1 Å². The molecule has 1 aromatic carbocycles. The highest BCUT2D eigenvalue weighted by molar-refractivity contribution is 8.03. The molecular formula is C17H18N2O5S. The summed E-state index contributed by atoms with van der Waals surface area (Å²) in [5.74, 6) is 0.0270. The van der Waals surface area contributed by atoms with E-state index >= 15 is 0 Å². The Kier molecular flexibility index (Phi) is 6.31. The molecule has 132 valence electrons. The van der Waals surface area contributed by atoms with Crippen molar-refractivity contribution in [2.75, 3.05) is 27.1 Å². The first kappa shape index (κ1) is 18.7. The van der Waals surface area contributed by atoms with E-state index in [1.807, 2.05) is 0 Å². The van der Waals surface area contributed by atoms with E-state index < -0.39 is 11.9 Å². The zero-order valence-corrected chi connectivity index (χ0v) is 14.9. The highest BCUT2D eigenvalue weighted by atomic mass is 32.2. The fourth-order valence-electron chi connectivity index (χ4n) is 2.48. The quantitative estimate of drug-likeness (QED) is 0.772. The van der Waals surface area contributed by atoms with Crippen molar-refractivity contribution in [2.24, 2.45) is 0 Å². The van der Waals surface area contributed by atoms with Crippen molar-refractivity contribution in [3.05, 3.63) is 34.4 Å². The molecule has 1 N–H and O–H groups in total. The molecule has 1 heterocycles. The molecule has 0 aromatic heterocycles. The van der Waals surface area contributed by atoms with Gasteiger partial charge in [-0.2, -0.15) is 5.26 Å². The number of hydrogen-bond acceptors (Lipinski definition) is 7. The van der Waals surface area contributed by atoms with Crippen LogP contribution in [0.15, 0.2) is 28.8 Å². The molecule has 7 nitrogen and oxygen atoms in total. The second kappa shape index (κ2) is 8.44. The van der Waals surface area contributed by atoms with E-state index in [1.165, 1.54) is 21.3 Å². The fourth-order valence-corrected chi connectivity index (χ4v) is 3.39. The summed E-state index contributed by atoms with van der Waals surface area (Å²) in [6.07, 6.45) is 0.140. The Morgan fingerprint density at radius 3 is 2.64 bits per heavy atom. The Morgan fingerprint density at radius 1 is 1.32 bits per heavy atom. The summed E-state index contributed by atoms with van der Waals surface area (Å²) in [6, 6.07) is 7.43. The van der Waals surface area contributed by atoms with Crippen LogP contribution in [0.4, 0.5) is 0 Å². The highest BCUT2D eigenvalue weighted by Gasteiger charge is 2.30. The van der Waals surface area contributed by atoms with Crippen molar-refractivity contribution in [3.8, 4) is 17.6 Å². The molecule has 0 radical (unpaired) electrons. The van der Waals surface area contributed by atoms with Gasteiger partial charge in [0.15, 0.2) is 11.5 Å². The molecule has 8 heteroatoms. The predicted octanol–water partition coefficient (Wildman–Crippen LogP) is 1.95. The maximum atomic E-state index is 12.1. The lowest BCUT2D eigenvalue weighted by Gasteiger charge is -2.25. The minimum atomic E-state index is -0.433. The number of thioether (sulfide) groups is 1. The van der Waals surface area contributed by atoms with Crippen LogP contribution in [0.2, 0.25) is 0 Å². The molecule has 1 unspecified atom stereocenters. The number of ether oxygens (including phenoxy) is 3. The Labute approximate surface area is 149 Å². The topological polar surface area (TPSA) is 97.7 Å². The number of nitrogens with one attached hydrogen (secondary N) is 1. The third-order valence-corrected chi connectivity index (χ3v) is 4.72. The van der Waals surface area contributed by atoms with Crippen LogP contribution in [-0.2, 0) is 14.3 Å². The number of benzene rings is 1. The molecule has 0 bridgehead atoms. The molecule has 1 aliphatic heterocycles. The number of methoxy groups -OCH3 is 3. The molecule has 25 heavy (non-hydrogen) atoms. The Morgan fingerprint density at radius 2 is 2.04 bits per heavy atom. The largest absolute Gasteiger partial charge is 0.493 e. The molecule has 0 spiro atoms. The summed E-state index contributed by atoms with van der Waals surface area (Å²) in [7, 11) is 4.34.